The summed E-state index contributed by atoms with van der Waals surface area (Å²) in [6.45, 7) is 10.1. The third kappa shape index (κ3) is 3.62. The van der Waals surface area contributed by atoms with Crippen LogP contribution in [-0.4, -0.2) is 18.6 Å². The fraction of sp³-hybridized carbons (Fsp3) is 0.667. The molecule has 21 heavy (non-hydrogen) atoms. The van der Waals surface area contributed by atoms with Crippen molar-refractivity contribution >= 4 is 21.6 Å². The highest BCUT2D eigenvalue weighted by molar-refractivity contribution is 9.10. The summed E-state index contributed by atoms with van der Waals surface area (Å²) >= 11 is 3.63. The number of anilines is 1. The highest BCUT2D eigenvalue weighted by Gasteiger charge is 2.36. The van der Waals surface area contributed by atoms with Crippen molar-refractivity contribution in [3.05, 3.63) is 28.2 Å². The molecule has 0 amide bonds. The predicted octanol–water partition coefficient (Wildman–Crippen LogP) is 4.57. The third-order valence-electron chi connectivity index (χ3n) is 4.92. The molecule has 0 aromatic heterocycles. The Morgan fingerprint density at radius 3 is 2.48 bits per heavy atom. The SMILES string of the molecule is CC(C)(C)NCc1cc(Br)ccc1N1CC2CCCC2C1. The fourth-order valence-corrected chi connectivity index (χ4v) is 4.20. The van der Waals surface area contributed by atoms with Crippen LogP contribution < -0.4 is 10.2 Å². The van der Waals surface area contributed by atoms with Crippen molar-refractivity contribution in [3.8, 4) is 0 Å². The van der Waals surface area contributed by atoms with Gasteiger partial charge in [-0.3, -0.25) is 0 Å². The number of fused-ring (bicyclic) bond motifs is 1. The Hall–Kier alpha value is -0.540. The lowest BCUT2D eigenvalue weighted by Gasteiger charge is -2.26. The van der Waals surface area contributed by atoms with Crippen LogP contribution in [0.25, 0.3) is 0 Å². The van der Waals surface area contributed by atoms with Gasteiger partial charge in [0.1, 0.15) is 0 Å². The molecule has 1 heterocycles. The molecule has 3 rings (SSSR count). The second kappa shape index (κ2) is 5.92. The van der Waals surface area contributed by atoms with E-state index in [2.05, 4.69) is 65.1 Å². The summed E-state index contributed by atoms with van der Waals surface area (Å²) < 4.78 is 1.18. The second-order valence-corrected chi connectivity index (χ2v) is 8.65. The molecule has 0 bridgehead atoms. The maximum atomic E-state index is 3.63. The molecule has 2 nitrogen and oxygen atoms in total. The lowest BCUT2D eigenvalue weighted by molar-refractivity contribution is 0.424. The van der Waals surface area contributed by atoms with Crippen molar-refractivity contribution < 1.29 is 0 Å². The van der Waals surface area contributed by atoms with Gasteiger partial charge in [0.25, 0.3) is 0 Å². The van der Waals surface area contributed by atoms with Crippen LogP contribution in [-0.2, 0) is 6.54 Å². The third-order valence-corrected chi connectivity index (χ3v) is 5.41. The smallest absolute Gasteiger partial charge is 0.0412 e. The molecule has 1 aliphatic heterocycles. The van der Waals surface area contributed by atoms with Gasteiger partial charge in [-0.2, -0.15) is 0 Å². The molecule has 3 heteroatoms. The number of halogens is 1. The van der Waals surface area contributed by atoms with Crippen LogP contribution in [0.3, 0.4) is 0 Å². The summed E-state index contributed by atoms with van der Waals surface area (Å²) in [4.78, 5) is 2.63. The largest absolute Gasteiger partial charge is 0.371 e. The number of hydrogen-bond donors (Lipinski definition) is 1. The first kappa shape index (κ1) is 15.4. The first-order chi connectivity index (χ1) is 9.92. The van der Waals surface area contributed by atoms with E-state index in [0.717, 1.165) is 18.4 Å². The molecular weight excluding hydrogens is 324 g/mol. The van der Waals surface area contributed by atoms with E-state index in [1.165, 1.54) is 48.1 Å². The fourth-order valence-electron chi connectivity index (χ4n) is 3.80. The Morgan fingerprint density at radius 1 is 1.19 bits per heavy atom. The van der Waals surface area contributed by atoms with E-state index in [4.69, 9.17) is 0 Å². The highest BCUT2D eigenvalue weighted by atomic mass is 79.9. The van der Waals surface area contributed by atoms with Gasteiger partial charge in [0.2, 0.25) is 0 Å². The molecule has 1 aromatic rings. The molecule has 1 saturated heterocycles. The van der Waals surface area contributed by atoms with Crippen LogP contribution in [0.2, 0.25) is 0 Å². The zero-order valence-electron chi connectivity index (χ0n) is 13.5. The molecule has 2 unspecified atom stereocenters. The van der Waals surface area contributed by atoms with E-state index in [9.17, 15) is 0 Å². The van der Waals surface area contributed by atoms with Gasteiger partial charge in [0.15, 0.2) is 0 Å². The van der Waals surface area contributed by atoms with Crippen LogP contribution in [0.15, 0.2) is 22.7 Å². The first-order valence-corrected chi connectivity index (χ1v) is 9.00. The minimum Gasteiger partial charge on any atom is -0.371 e. The van der Waals surface area contributed by atoms with E-state index in [1.807, 2.05) is 0 Å². The van der Waals surface area contributed by atoms with Crippen LogP contribution in [0.4, 0.5) is 5.69 Å². The summed E-state index contributed by atoms with van der Waals surface area (Å²) in [5.41, 5.74) is 3.00. The summed E-state index contributed by atoms with van der Waals surface area (Å²) in [6.07, 6.45) is 4.32. The lowest BCUT2D eigenvalue weighted by Crippen LogP contribution is -2.35. The standard InChI is InChI=1S/C18H27BrN2/c1-18(2,3)20-10-15-9-16(19)7-8-17(15)21-11-13-5-4-6-14(13)12-21/h7-9,13-14,20H,4-6,10-12H2,1-3H3. The van der Waals surface area contributed by atoms with Crippen LogP contribution in [0.5, 0.6) is 0 Å². The van der Waals surface area contributed by atoms with Crippen molar-refractivity contribution in [2.24, 2.45) is 11.8 Å². The van der Waals surface area contributed by atoms with Crippen LogP contribution in [0.1, 0.15) is 45.6 Å². The average molecular weight is 351 g/mol. The second-order valence-electron chi connectivity index (χ2n) is 7.73. The highest BCUT2D eigenvalue weighted by Crippen LogP contribution is 2.40. The summed E-state index contributed by atoms with van der Waals surface area (Å²) in [5.74, 6) is 1.88. The van der Waals surface area contributed by atoms with E-state index in [-0.39, 0.29) is 5.54 Å². The van der Waals surface area contributed by atoms with Crippen molar-refractivity contribution in [1.82, 2.24) is 5.32 Å². The topological polar surface area (TPSA) is 15.3 Å². The lowest BCUT2D eigenvalue weighted by atomic mass is 10.0. The molecule has 2 aliphatic rings. The maximum absolute atomic E-state index is 3.63. The van der Waals surface area contributed by atoms with Crippen molar-refractivity contribution in [2.45, 2.75) is 52.1 Å². The summed E-state index contributed by atoms with van der Waals surface area (Å²) in [7, 11) is 0. The summed E-state index contributed by atoms with van der Waals surface area (Å²) in [5, 5.41) is 3.63. The molecule has 1 saturated carbocycles. The first-order valence-electron chi connectivity index (χ1n) is 8.21. The Balaban J connectivity index is 1.78. The number of benzene rings is 1. The molecule has 116 valence electrons. The molecular formula is C18H27BrN2. The summed E-state index contributed by atoms with van der Waals surface area (Å²) in [6, 6.07) is 6.76. The Morgan fingerprint density at radius 2 is 1.86 bits per heavy atom. The maximum Gasteiger partial charge on any atom is 0.0412 e. The van der Waals surface area contributed by atoms with Gasteiger partial charge in [0, 0.05) is 35.3 Å². The minimum atomic E-state index is 0.154. The molecule has 2 atom stereocenters. The number of hydrogen-bond acceptors (Lipinski definition) is 2. The zero-order valence-corrected chi connectivity index (χ0v) is 15.0. The Bertz CT molecular complexity index is 494. The monoisotopic (exact) mass is 350 g/mol. The van der Waals surface area contributed by atoms with Crippen molar-refractivity contribution in [3.63, 3.8) is 0 Å². The minimum absolute atomic E-state index is 0.154. The van der Waals surface area contributed by atoms with Crippen LogP contribution in [0, 0.1) is 11.8 Å². The molecule has 1 aromatic carbocycles. The van der Waals surface area contributed by atoms with E-state index < -0.39 is 0 Å². The molecule has 1 aliphatic carbocycles. The zero-order chi connectivity index (χ0) is 15.0. The van der Waals surface area contributed by atoms with Gasteiger partial charge >= 0.3 is 0 Å². The molecule has 2 fully saturated rings. The van der Waals surface area contributed by atoms with Gasteiger partial charge in [-0.05, 0) is 69.2 Å². The number of nitrogens with zero attached hydrogens (tertiary/aromatic N) is 1. The number of rotatable bonds is 3. The molecule has 0 spiro atoms. The number of nitrogens with one attached hydrogen (secondary N) is 1. The Labute approximate surface area is 137 Å². The van der Waals surface area contributed by atoms with Crippen molar-refractivity contribution in [2.75, 3.05) is 18.0 Å². The van der Waals surface area contributed by atoms with Crippen molar-refractivity contribution in [1.29, 1.82) is 0 Å². The van der Waals surface area contributed by atoms with Gasteiger partial charge < -0.3 is 10.2 Å². The van der Waals surface area contributed by atoms with Gasteiger partial charge in [0.05, 0.1) is 0 Å². The average Bonchev–Trinajstić information content (AvgIpc) is 2.96. The predicted molar refractivity (Wildman–Crippen MR) is 93.8 cm³/mol. The van der Waals surface area contributed by atoms with E-state index >= 15 is 0 Å². The van der Waals surface area contributed by atoms with Gasteiger partial charge in [-0.25, -0.2) is 0 Å². The Kier molecular flexibility index (Phi) is 4.33. The molecule has 1 N–H and O–H groups in total. The quantitative estimate of drug-likeness (QED) is 0.858. The molecule has 0 radical (unpaired) electrons. The van der Waals surface area contributed by atoms with Crippen LogP contribution >= 0.6 is 15.9 Å². The van der Waals surface area contributed by atoms with E-state index in [1.54, 1.807) is 0 Å². The van der Waals surface area contributed by atoms with Gasteiger partial charge in [-0.15, -0.1) is 0 Å². The van der Waals surface area contributed by atoms with E-state index in [0.29, 0.717) is 0 Å². The normalized spacial score (nSPS) is 25.4. The van der Waals surface area contributed by atoms with Gasteiger partial charge in [-0.1, -0.05) is 22.4 Å².